The fourth-order valence-electron chi connectivity index (χ4n) is 3.34. The first-order chi connectivity index (χ1) is 16.6. The number of aromatic nitrogens is 3. The number of benzene rings is 3. The average Bonchev–Trinajstić information content (AvgIpc) is 2.86. The molecule has 2 aromatic heterocycles. The summed E-state index contributed by atoms with van der Waals surface area (Å²) < 4.78 is 7.10. The van der Waals surface area contributed by atoms with Crippen LogP contribution in [0.4, 0.5) is 11.5 Å². The van der Waals surface area contributed by atoms with Crippen molar-refractivity contribution >= 4 is 50.2 Å². The Bertz CT molecular complexity index is 1440. The molecule has 0 unspecified atom stereocenters. The standard InChI is InChI=1S/C26H19BrN4O2S/c27-18-4-1-3-17(13-18)15-33-20-8-11-24(34-21-9-6-19(32)7-10-21)23(14-20)31-26-22-5-2-12-28-25(22)29-16-30-26/h1-14,16,32H,15H2,(H,28,29,30,31). The lowest BCUT2D eigenvalue weighted by Crippen LogP contribution is -2.00. The Balaban J connectivity index is 1.47. The Hall–Kier alpha value is -3.62. The van der Waals surface area contributed by atoms with Crippen LogP contribution < -0.4 is 10.1 Å². The molecular formula is C26H19BrN4O2S. The van der Waals surface area contributed by atoms with Gasteiger partial charge in [-0.05, 0) is 66.2 Å². The third-order valence-corrected chi connectivity index (χ3v) is 6.55. The summed E-state index contributed by atoms with van der Waals surface area (Å²) >= 11 is 5.08. The van der Waals surface area contributed by atoms with Crippen LogP contribution in [0.2, 0.25) is 0 Å². The summed E-state index contributed by atoms with van der Waals surface area (Å²) in [5.74, 6) is 1.63. The van der Waals surface area contributed by atoms with Crippen LogP contribution in [0.15, 0.2) is 106 Å². The van der Waals surface area contributed by atoms with Crippen molar-refractivity contribution in [2.24, 2.45) is 0 Å². The van der Waals surface area contributed by atoms with Crippen LogP contribution in [0.5, 0.6) is 11.5 Å². The van der Waals surface area contributed by atoms with E-state index in [0.29, 0.717) is 18.1 Å². The molecule has 3 aromatic carbocycles. The molecule has 0 aliphatic carbocycles. The second-order valence-corrected chi connectivity index (χ2v) is 9.43. The SMILES string of the molecule is Oc1ccc(Sc2ccc(OCc3cccc(Br)c3)cc2Nc2ncnc3ncccc23)cc1. The van der Waals surface area contributed by atoms with Gasteiger partial charge < -0.3 is 15.2 Å². The van der Waals surface area contributed by atoms with Crippen molar-refractivity contribution in [1.29, 1.82) is 0 Å². The molecule has 0 aliphatic rings. The van der Waals surface area contributed by atoms with Crippen LogP contribution in [0, 0.1) is 0 Å². The maximum absolute atomic E-state index is 9.62. The van der Waals surface area contributed by atoms with E-state index < -0.39 is 0 Å². The second kappa shape index (κ2) is 10.1. The predicted molar refractivity (Wildman–Crippen MR) is 138 cm³/mol. The van der Waals surface area contributed by atoms with Crippen molar-refractivity contribution in [3.05, 3.63) is 101 Å². The minimum atomic E-state index is 0.235. The Morgan fingerprint density at radius 3 is 2.65 bits per heavy atom. The van der Waals surface area contributed by atoms with Crippen LogP contribution in [-0.4, -0.2) is 20.1 Å². The van der Waals surface area contributed by atoms with Gasteiger partial charge in [0.15, 0.2) is 5.65 Å². The number of rotatable bonds is 7. The summed E-state index contributed by atoms with van der Waals surface area (Å²) in [6.45, 7) is 0.448. The molecule has 0 atom stereocenters. The number of pyridine rings is 1. The van der Waals surface area contributed by atoms with E-state index in [1.807, 2.05) is 66.7 Å². The van der Waals surface area contributed by atoms with Crippen molar-refractivity contribution in [1.82, 2.24) is 15.0 Å². The first kappa shape index (κ1) is 22.2. The number of hydrogen-bond acceptors (Lipinski definition) is 7. The zero-order valence-corrected chi connectivity index (χ0v) is 20.3. The molecule has 0 bridgehead atoms. The van der Waals surface area contributed by atoms with E-state index in [2.05, 4.69) is 36.2 Å². The van der Waals surface area contributed by atoms with Crippen LogP contribution in [0.25, 0.3) is 11.0 Å². The van der Waals surface area contributed by atoms with Crippen molar-refractivity contribution in [2.45, 2.75) is 16.4 Å². The highest BCUT2D eigenvalue weighted by molar-refractivity contribution is 9.10. The Kier molecular flexibility index (Phi) is 6.60. The number of halogens is 1. The van der Waals surface area contributed by atoms with Crippen LogP contribution in [-0.2, 0) is 6.61 Å². The van der Waals surface area contributed by atoms with E-state index >= 15 is 0 Å². The third kappa shape index (κ3) is 5.30. The molecule has 0 saturated heterocycles. The maximum atomic E-state index is 9.62. The highest BCUT2D eigenvalue weighted by Crippen LogP contribution is 2.38. The minimum absolute atomic E-state index is 0.235. The molecule has 34 heavy (non-hydrogen) atoms. The summed E-state index contributed by atoms with van der Waals surface area (Å²) in [4.78, 5) is 15.0. The van der Waals surface area contributed by atoms with Gasteiger partial charge in [-0.15, -0.1) is 0 Å². The molecule has 5 rings (SSSR count). The van der Waals surface area contributed by atoms with Gasteiger partial charge in [0.05, 0.1) is 11.1 Å². The second-order valence-electron chi connectivity index (χ2n) is 7.39. The summed E-state index contributed by atoms with van der Waals surface area (Å²) in [6, 6.07) is 24.9. The Morgan fingerprint density at radius 1 is 0.912 bits per heavy atom. The Labute approximate surface area is 209 Å². The summed E-state index contributed by atoms with van der Waals surface area (Å²) in [5.41, 5.74) is 2.53. The van der Waals surface area contributed by atoms with Gasteiger partial charge in [0.25, 0.3) is 0 Å². The van der Waals surface area contributed by atoms with Crippen molar-refractivity contribution < 1.29 is 9.84 Å². The number of aromatic hydroxyl groups is 1. The molecule has 0 saturated carbocycles. The molecule has 8 heteroatoms. The Morgan fingerprint density at radius 2 is 1.79 bits per heavy atom. The van der Waals surface area contributed by atoms with Gasteiger partial charge >= 0.3 is 0 Å². The van der Waals surface area contributed by atoms with Gasteiger partial charge in [0.2, 0.25) is 0 Å². The highest BCUT2D eigenvalue weighted by atomic mass is 79.9. The molecule has 2 heterocycles. The fourth-order valence-corrected chi connectivity index (χ4v) is 4.67. The van der Waals surface area contributed by atoms with Gasteiger partial charge in [0.1, 0.15) is 30.3 Å². The van der Waals surface area contributed by atoms with E-state index in [4.69, 9.17) is 4.74 Å². The van der Waals surface area contributed by atoms with Gasteiger partial charge in [-0.25, -0.2) is 15.0 Å². The van der Waals surface area contributed by atoms with Gasteiger partial charge in [-0.1, -0.05) is 39.8 Å². The van der Waals surface area contributed by atoms with Gasteiger partial charge in [-0.3, -0.25) is 0 Å². The largest absolute Gasteiger partial charge is 0.508 e. The number of ether oxygens (including phenoxy) is 1. The number of anilines is 2. The van der Waals surface area contributed by atoms with E-state index in [1.165, 1.54) is 6.33 Å². The van der Waals surface area contributed by atoms with Crippen molar-refractivity contribution in [3.63, 3.8) is 0 Å². The smallest absolute Gasteiger partial charge is 0.164 e. The van der Waals surface area contributed by atoms with E-state index in [9.17, 15) is 5.11 Å². The average molecular weight is 531 g/mol. The lowest BCUT2D eigenvalue weighted by atomic mass is 10.2. The quantitative estimate of drug-likeness (QED) is 0.235. The molecule has 6 nitrogen and oxygen atoms in total. The number of hydrogen-bond donors (Lipinski definition) is 2. The number of nitrogens with zero attached hydrogens (tertiary/aromatic N) is 3. The third-order valence-electron chi connectivity index (χ3n) is 4.97. The first-order valence-corrected chi connectivity index (χ1v) is 12.1. The van der Waals surface area contributed by atoms with Crippen LogP contribution in [0.3, 0.4) is 0 Å². The summed E-state index contributed by atoms with van der Waals surface area (Å²) in [7, 11) is 0. The molecular weight excluding hydrogens is 512 g/mol. The fraction of sp³-hybridized carbons (Fsp3) is 0.0385. The zero-order chi connectivity index (χ0) is 23.3. The topological polar surface area (TPSA) is 80.2 Å². The molecule has 0 spiro atoms. The number of phenols is 1. The van der Waals surface area contributed by atoms with E-state index in [0.717, 1.165) is 36.7 Å². The molecule has 5 aromatic rings. The lowest BCUT2D eigenvalue weighted by molar-refractivity contribution is 0.306. The van der Waals surface area contributed by atoms with Crippen molar-refractivity contribution in [2.75, 3.05) is 5.32 Å². The molecule has 168 valence electrons. The number of phenolic OH excluding ortho intramolecular Hbond substituents is 1. The van der Waals surface area contributed by atoms with E-state index in [-0.39, 0.29) is 5.75 Å². The first-order valence-electron chi connectivity index (χ1n) is 10.4. The van der Waals surface area contributed by atoms with Gasteiger partial charge in [-0.2, -0.15) is 0 Å². The normalized spacial score (nSPS) is 10.9. The van der Waals surface area contributed by atoms with Crippen LogP contribution >= 0.6 is 27.7 Å². The zero-order valence-electron chi connectivity index (χ0n) is 17.9. The predicted octanol–water partition coefficient (Wildman–Crippen LogP) is 6.97. The van der Waals surface area contributed by atoms with Gasteiger partial charge in [0, 0.05) is 26.5 Å². The van der Waals surface area contributed by atoms with Crippen LogP contribution in [0.1, 0.15) is 5.56 Å². The molecule has 0 fully saturated rings. The molecule has 0 radical (unpaired) electrons. The summed E-state index contributed by atoms with van der Waals surface area (Å²) in [6.07, 6.45) is 3.21. The molecule has 2 N–H and O–H groups in total. The number of fused-ring (bicyclic) bond motifs is 1. The summed E-state index contributed by atoms with van der Waals surface area (Å²) in [5, 5.41) is 13.9. The maximum Gasteiger partial charge on any atom is 0.164 e. The lowest BCUT2D eigenvalue weighted by Gasteiger charge is -2.15. The molecule has 0 amide bonds. The molecule has 0 aliphatic heterocycles. The van der Waals surface area contributed by atoms with Crippen molar-refractivity contribution in [3.8, 4) is 11.5 Å². The minimum Gasteiger partial charge on any atom is -0.508 e. The highest BCUT2D eigenvalue weighted by Gasteiger charge is 2.11. The monoisotopic (exact) mass is 530 g/mol. The number of nitrogens with one attached hydrogen (secondary N) is 1. The van der Waals surface area contributed by atoms with E-state index in [1.54, 1.807) is 30.1 Å².